The average molecular weight is 494 g/mol. The number of hydrogen-bond acceptors (Lipinski definition) is 2. The molecule has 0 fully saturated rings. The van der Waals surface area contributed by atoms with Crippen LogP contribution in [0, 0.1) is 11.3 Å². The maximum Gasteiger partial charge on any atom is 0.134 e. The summed E-state index contributed by atoms with van der Waals surface area (Å²) >= 11 is 21.7. The summed E-state index contributed by atoms with van der Waals surface area (Å²) in [5.41, 5.74) is 2.94. The summed E-state index contributed by atoms with van der Waals surface area (Å²) in [6, 6.07) is 20.5. The number of allylic oxidation sites excluding steroid dienone is 1. The molecule has 0 aliphatic heterocycles. The van der Waals surface area contributed by atoms with E-state index in [1.54, 1.807) is 24.3 Å². The van der Waals surface area contributed by atoms with Crippen LogP contribution < -0.4 is 4.74 Å². The SMILES string of the molecule is N#C/C(=C/c1ccc(OCc2ccccc2Cl)c(Br)c1)c1ccc(Cl)c(Cl)c1. The maximum atomic E-state index is 9.52. The molecule has 0 aliphatic carbocycles. The van der Waals surface area contributed by atoms with Crippen LogP contribution in [0.4, 0.5) is 0 Å². The fraction of sp³-hybridized carbons (Fsp3) is 0.0455. The first-order valence-electron chi connectivity index (χ1n) is 8.21. The lowest BCUT2D eigenvalue weighted by atomic mass is 10.0. The number of nitrogens with zero attached hydrogens (tertiary/aromatic N) is 1. The van der Waals surface area contributed by atoms with Crippen LogP contribution in [0.25, 0.3) is 11.6 Å². The van der Waals surface area contributed by atoms with Crippen LogP contribution in [-0.2, 0) is 6.61 Å². The minimum absolute atomic E-state index is 0.361. The molecule has 28 heavy (non-hydrogen) atoms. The van der Waals surface area contributed by atoms with Crippen LogP contribution >= 0.6 is 50.7 Å². The summed E-state index contributed by atoms with van der Waals surface area (Å²) in [4.78, 5) is 0. The molecule has 0 saturated heterocycles. The highest BCUT2D eigenvalue weighted by molar-refractivity contribution is 9.10. The van der Waals surface area contributed by atoms with Crippen molar-refractivity contribution in [2.75, 3.05) is 0 Å². The topological polar surface area (TPSA) is 33.0 Å². The summed E-state index contributed by atoms with van der Waals surface area (Å²) in [6.07, 6.45) is 1.78. The van der Waals surface area contributed by atoms with E-state index in [0.29, 0.717) is 38.6 Å². The molecule has 0 bridgehead atoms. The van der Waals surface area contributed by atoms with E-state index >= 15 is 0 Å². The van der Waals surface area contributed by atoms with E-state index in [1.165, 1.54) is 0 Å². The fourth-order valence-corrected chi connectivity index (χ4v) is 3.50. The van der Waals surface area contributed by atoms with Crippen LogP contribution in [0.15, 0.2) is 65.1 Å². The number of rotatable bonds is 5. The van der Waals surface area contributed by atoms with E-state index in [9.17, 15) is 5.26 Å². The molecule has 6 heteroatoms. The van der Waals surface area contributed by atoms with Gasteiger partial charge in [-0.2, -0.15) is 5.26 Å². The predicted octanol–water partition coefficient (Wildman–Crippen LogP) is 8.05. The lowest BCUT2D eigenvalue weighted by Gasteiger charge is -2.10. The Morgan fingerprint density at radius 2 is 1.75 bits per heavy atom. The smallest absolute Gasteiger partial charge is 0.134 e. The van der Waals surface area contributed by atoms with Crippen LogP contribution in [0.5, 0.6) is 5.75 Å². The highest BCUT2D eigenvalue weighted by Crippen LogP contribution is 2.31. The largest absolute Gasteiger partial charge is 0.488 e. The Bertz CT molecular complexity index is 1090. The first kappa shape index (κ1) is 20.8. The predicted molar refractivity (Wildman–Crippen MR) is 120 cm³/mol. The van der Waals surface area contributed by atoms with E-state index in [-0.39, 0.29) is 0 Å². The highest BCUT2D eigenvalue weighted by atomic mass is 79.9. The normalized spacial score (nSPS) is 11.2. The fourth-order valence-electron chi connectivity index (χ4n) is 2.51. The van der Waals surface area contributed by atoms with E-state index in [0.717, 1.165) is 15.6 Å². The van der Waals surface area contributed by atoms with Crippen LogP contribution in [-0.4, -0.2) is 0 Å². The van der Waals surface area contributed by atoms with Crippen LogP contribution in [0.1, 0.15) is 16.7 Å². The van der Waals surface area contributed by atoms with Crippen molar-refractivity contribution in [3.63, 3.8) is 0 Å². The second-order valence-corrected chi connectivity index (χ2v) is 7.94. The summed E-state index contributed by atoms with van der Waals surface area (Å²) in [5, 5.41) is 11.0. The van der Waals surface area contributed by atoms with Gasteiger partial charge in [0.15, 0.2) is 0 Å². The Labute approximate surface area is 187 Å². The van der Waals surface area contributed by atoms with Gasteiger partial charge in [0, 0.05) is 10.6 Å². The summed E-state index contributed by atoms with van der Waals surface area (Å²) in [6.45, 7) is 0.361. The molecule has 3 aromatic rings. The zero-order chi connectivity index (χ0) is 20.1. The molecular formula is C22H13BrCl3NO. The van der Waals surface area contributed by atoms with Crippen molar-refractivity contribution in [3.8, 4) is 11.8 Å². The molecule has 0 N–H and O–H groups in total. The number of nitriles is 1. The molecule has 0 radical (unpaired) electrons. The molecule has 0 aliphatic rings. The first-order valence-corrected chi connectivity index (χ1v) is 10.1. The molecular weight excluding hydrogens is 481 g/mol. The van der Waals surface area contributed by atoms with Crippen LogP contribution in [0.2, 0.25) is 15.1 Å². The minimum atomic E-state index is 0.361. The Hall–Kier alpha value is -1.96. The Morgan fingerprint density at radius 1 is 0.964 bits per heavy atom. The molecule has 0 aromatic heterocycles. The maximum absolute atomic E-state index is 9.52. The van der Waals surface area contributed by atoms with E-state index < -0.39 is 0 Å². The van der Waals surface area contributed by atoms with E-state index in [4.69, 9.17) is 39.5 Å². The van der Waals surface area contributed by atoms with Crippen LogP contribution in [0.3, 0.4) is 0 Å². The zero-order valence-electron chi connectivity index (χ0n) is 14.4. The van der Waals surface area contributed by atoms with Crippen molar-refractivity contribution >= 4 is 62.4 Å². The summed E-state index contributed by atoms with van der Waals surface area (Å²) < 4.78 is 6.63. The number of hydrogen-bond donors (Lipinski definition) is 0. The number of ether oxygens (including phenoxy) is 1. The third-order valence-electron chi connectivity index (χ3n) is 3.96. The van der Waals surface area contributed by atoms with E-state index in [1.807, 2.05) is 42.5 Å². The quantitative estimate of drug-likeness (QED) is 0.266. The highest BCUT2D eigenvalue weighted by Gasteiger charge is 2.08. The molecule has 0 unspecified atom stereocenters. The number of benzene rings is 3. The Kier molecular flexibility index (Phi) is 7.04. The Balaban J connectivity index is 1.81. The summed E-state index contributed by atoms with van der Waals surface area (Å²) in [7, 11) is 0. The molecule has 140 valence electrons. The molecule has 0 spiro atoms. The average Bonchev–Trinajstić information content (AvgIpc) is 2.69. The van der Waals surface area contributed by atoms with Gasteiger partial charge in [-0.25, -0.2) is 0 Å². The first-order chi connectivity index (χ1) is 13.5. The Morgan fingerprint density at radius 3 is 2.43 bits per heavy atom. The van der Waals surface area contributed by atoms with E-state index in [2.05, 4.69) is 22.0 Å². The van der Waals surface area contributed by atoms with Crippen molar-refractivity contribution in [2.24, 2.45) is 0 Å². The second-order valence-electron chi connectivity index (χ2n) is 5.87. The van der Waals surface area contributed by atoms with Gasteiger partial charge in [-0.3, -0.25) is 0 Å². The minimum Gasteiger partial charge on any atom is -0.488 e. The summed E-state index contributed by atoms with van der Waals surface area (Å²) in [5.74, 6) is 0.685. The van der Waals surface area contributed by atoms with Crippen molar-refractivity contribution in [1.82, 2.24) is 0 Å². The third kappa shape index (κ3) is 5.10. The van der Waals surface area contributed by atoms with Gasteiger partial charge in [-0.15, -0.1) is 0 Å². The monoisotopic (exact) mass is 491 g/mol. The van der Waals surface area contributed by atoms with Gasteiger partial charge >= 0.3 is 0 Å². The third-order valence-corrected chi connectivity index (χ3v) is 5.69. The molecule has 2 nitrogen and oxygen atoms in total. The molecule has 0 amide bonds. The van der Waals surface area contributed by atoms with Crippen molar-refractivity contribution in [2.45, 2.75) is 6.61 Å². The van der Waals surface area contributed by atoms with Gasteiger partial charge in [0.25, 0.3) is 0 Å². The molecule has 0 heterocycles. The zero-order valence-corrected chi connectivity index (χ0v) is 18.3. The van der Waals surface area contributed by atoms with Gasteiger partial charge in [-0.05, 0) is 63.5 Å². The molecule has 0 atom stereocenters. The van der Waals surface area contributed by atoms with Crippen molar-refractivity contribution < 1.29 is 4.74 Å². The van der Waals surface area contributed by atoms with Gasteiger partial charge in [-0.1, -0.05) is 65.1 Å². The van der Waals surface area contributed by atoms with Gasteiger partial charge < -0.3 is 4.74 Å². The van der Waals surface area contributed by atoms with Gasteiger partial charge in [0.2, 0.25) is 0 Å². The van der Waals surface area contributed by atoms with Gasteiger partial charge in [0.05, 0.1) is 26.2 Å². The molecule has 3 rings (SSSR count). The standard InChI is InChI=1S/C22H13BrCl3NO/c23-18-10-14(9-17(12-27)15-6-7-20(25)21(26)11-15)5-8-22(18)28-13-16-3-1-2-4-19(16)24/h1-11H,13H2/b17-9-. The van der Waals surface area contributed by atoms with Crippen molar-refractivity contribution in [1.29, 1.82) is 5.26 Å². The second kappa shape index (κ2) is 9.49. The molecule has 3 aromatic carbocycles. The van der Waals surface area contributed by atoms with Gasteiger partial charge in [0.1, 0.15) is 12.4 Å². The number of halogens is 4. The lowest BCUT2D eigenvalue weighted by molar-refractivity contribution is 0.304. The lowest BCUT2D eigenvalue weighted by Crippen LogP contribution is -1.97. The molecule has 0 saturated carbocycles. The van der Waals surface area contributed by atoms with Crippen molar-refractivity contribution in [3.05, 3.63) is 96.9 Å².